The molecule has 11 heteroatoms. The molecule has 0 N–H and O–H groups in total. The van der Waals surface area contributed by atoms with Crippen molar-refractivity contribution in [3.05, 3.63) is 0 Å². The first-order valence-corrected chi connectivity index (χ1v) is 8.53. The van der Waals surface area contributed by atoms with Crippen molar-refractivity contribution in [2.24, 2.45) is 0 Å². The van der Waals surface area contributed by atoms with Crippen molar-refractivity contribution in [1.29, 1.82) is 0 Å². The van der Waals surface area contributed by atoms with E-state index in [1.54, 1.807) is 14.1 Å². The number of ether oxygens (including phenoxy) is 5. The number of quaternary nitrogens is 1. The van der Waals surface area contributed by atoms with E-state index in [0.29, 0.717) is 6.54 Å². The largest absolute Gasteiger partial charge is 1.00 e. The molecule has 1 saturated heterocycles. The molecule has 0 aliphatic carbocycles. The molecule has 1 rings (SSSR count). The van der Waals surface area contributed by atoms with Crippen molar-refractivity contribution in [2.45, 2.75) is 45.4 Å². The quantitative estimate of drug-likeness (QED) is 0.173. The maximum Gasteiger partial charge on any atom is 0.364 e. The van der Waals surface area contributed by atoms with Crippen LogP contribution in [0.2, 0.25) is 0 Å². The first-order chi connectivity index (χ1) is 12.9. The molecule has 0 bridgehead atoms. The molecule has 0 saturated carbocycles. The zero-order chi connectivity index (χ0) is 21.5. The van der Waals surface area contributed by atoms with Crippen LogP contribution in [0.15, 0.2) is 0 Å². The molecule has 0 aromatic rings. The summed E-state index contributed by atoms with van der Waals surface area (Å²) in [5.74, 6) is -0.257. The van der Waals surface area contributed by atoms with Gasteiger partial charge in [0, 0.05) is 20.8 Å². The van der Waals surface area contributed by atoms with E-state index in [1.807, 2.05) is 0 Å². The van der Waals surface area contributed by atoms with Gasteiger partial charge in [-0.3, -0.25) is 14.4 Å². The fraction of sp³-hybridized carbons (Fsp3) is 0.667. The van der Waals surface area contributed by atoms with Gasteiger partial charge in [-0.15, -0.1) is 6.42 Å². The number of hydrogen-bond acceptors (Lipinski definition) is 9. The Balaban J connectivity index is 0.00000784. The van der Waals surface area contributed by atoms with E-state index in [4.69, 9.17) is 30.1 Å². The molecule has 29 heavy (non-hydrogen) atoms. The predicted octanol–water partition coefficient (Wildman–Crippen LogP) is -3.61. The van der Waals surface area contributed by atoms with Gasteiger partial charge in [0.05, 0.1) is 20.7 Å². The molecule has 4 atom stereocenters. The highest BCUT2D eigenvalue weighted by atomic mass is 35.5. The monoisotopic (exact) mass is 435 g/mol. The van der Waals surface area contributed by atoms with Gasteiger partial charge in [0.15, 0.2) is 18.8 Å². The number of carbonyl (C=O) groups is 4. The second-order valence-electron chi connectivity index (χ2n) is 6.94. The fourth-order valence-corrected chi connectivity index (χ4v) is 2.63. The average Bonchev–Trinajstić information content (AvgIpc) is 2.50. The summed E-state index contributed by atoms with van der Waals surface area (Å²) in [5.41, 5.74) is 0. The molecule has 0 aromatic carbocycles. The summed E-state index contributed by atoms with van der Waals surface area (Å²) >= 11 is 0. The Kier molecular flexibility index (Phi) is 10.7. The summed E-state index contributed by atoms with van der Waals surface area (Å²) < 4.78 is 26.3. The average molecular weight is 436 g/mol. The smallest absolute Gasteiger partial charge is 0.364 e. The number of rotatable bonds is 7. The fourth-order valence-electron chi connectivity index (χ4n) is 2.63. The van der Waals surface area contributed by atoms with Crippen LogP contribution in [0.4, 0.5) is 0 Å². The molecule has 1 fully saturated rings. The van der Waals surface area contributed by atoms with Gasteiger partial charge in [-0.1, -0.05) is 0 Å². The number of hydrogen-bond donors (Lipinski definition) is 0. The summed E-state index contributed by atoms with van der Waals surface area (Å²) in [6.07, 6.45) is 0.383. The number of likely N-dealkylation sites (N-methyl/N-ethyl adjacent to an activating group) is 1. The molecule has 0 spiro atoms. The highest BCUT2D eigenvalue weighted by molar-refractivity contribution is 5.71. The van der Waals surface area contributed by atoms with Crippen LogP contribution in [0.5, 0.6) is 0 Å². The van der Waals surface area contributed by atoms with E-state index in [0.717, 1.165) is 13.8 Å². The van der Waals surface area contributed by atoms with E-state index in [9.17, 15) is 19.2 Å². The molecule has 1 aliphatic heterocycles. The molecular weight excluding hydrogens is 410 g/mol. The topological polar surface area (TPSA) is 114 Å². The summed E-state index contributed by atoms with van der Waals surface area (Å²) in [4.78, 5) is 46.6. The van der Waals surface area contributed by atoms with Crippen molar-refractivity contribution >= 4 is 23.9 Å². The summed E-state index contributed by atoms with van der Waals surface area (Å²) in [7, 11) is 3.48. The minimum Gasteiger partial charge on any atom is -1.00 e. The number of halogens is 1. The first kappa shape index (κ1) is 26.6. The predicted molar refractivity (Wildman–Crippen MR) is 93.2 cm³/mol. The summed E-state index contributed by atoms with van der Waals surface area (Å²) in [5, 5.41) is 0. The molecule has 1 aliphatic rings. The third kappa shape index (κ3) is 9.13. The first-order valence-electron chi connectivity index (χ1n) is 8.53. The maximum atomic E-state index is 12.3. The zero-order valence-electron chi connectivity index (χ0n) is 17.0. The van der Waals surface area contributed by atoms with E-state index in [2.05, 4.69) is 5.92 Å². The van der Waals surface area contributed by atoms with Crippen LogP contribution >= 0.6 is 0 Å². The van der Waals surface area contributed by atoms with Crippen LogP contribution < -0.4 is 12.4 Å². The minimum atomic E-state index is -1.35. The lowest BCUT2D eigenvalue weighted by Crippen LogP contribution is -3.00. The van der Waals surface area contributed by atoms with Crippen molar-refractivity contribution in [1.82, 2.24) is 0 Å². The zero-order valence-corrected chi connectivity index (χ0v) is 17.8. The van der Waals surface area contributed by atoms with Crippen molar-refractivity contribution in [2.75, 3.05) is 33.8 Å². The molecule has 1 heterocycles. The van der Waals surface area contributed by atoms with Gasteiger partial charge >= 0.3 is 23.9 Å². The second-order valence-corrected chi connectivity index (χ2v) is 6.94. The third-order valence-corrected chi connectivity index (χ3v) is 3.63. The second kappa shape index (κ2) is 11.6. The normalized spacial score (nSPS) is 23.6. The van der Waals surface area contributed by atoms with Gasteiger partial charge in [-0.05, 0) is 5.92 Å². The Morgan fingerprint density at radius 3 is 1.97 bits per heavy atom. The van der Waals surface area contributed by atoms with Crippen LogP contribution in [0.25, 0.3) is 0 Å². The molecule has 10 nitrogen and oxygen atoms in total. The van der Waals surface area contributed by atoms with Gasteiger partial charge in [-0.25, -0.2) is 4.79 Å². The van der Waals surface area contributed by atoms with Crippen LogP contribution in [0.3, 0.4) is 0 Å². The molecule has 0 amide bonds. The third-order valence-electron chi connectivity index (χ3n) is 3.63. The molecule has 0 aromatic heterocycles. The molecule has 1 unspecified atom stereocenters. The summed E-state index contributed by atoms with van der Waals surface area (Å²) in [6.45, 7) is 3.44. The van der Waals surface area contributed by atoms with E-state index in [-0.39, 0.29) is 30.0 Å². The van der Waals surface area contributed by atoms with Crippen LogP contribution in [-0.2, 0) is 42.9 Å². The van der Waals surface area contributed by atoms with Gasteiger partial charge in [0.1, 0.15) is 6.54 Å². The van der Waals surface area contributed by atoms with Crippen LogP contribution in [0, 0.1) is 12.3 Å². The summed E-state index contributed by atoms with van der Waals surface area (Å²) in [6, 6.07) is 0. The number of nitrogens with zero attached hydrogens (tertiary/aromatic N) is 1. The van der Waals surface area contributed by atoms with Crippen molar-refractivity contribution in [3.63, 3.8) is 0 Å². The Hall–Kier alpha value is -2.35. The number of carbonyl (C=O) groups excluding carboxylic acids is 4. The Labute approximate surface area is 175 Å². The Bertz CT molecular complexity index is 658. The minimum absolute atomic E-state index is 0. The highest BCUT2D eigenvalue weighted by Crippen LogP contribution is 2.25. The SMILES string of the molecule is C#CC[N+](C)(C)CC(=O)OC1OC[C@@H](OC(C)=O)[C@@H](OC(C)=O)[C@H]1OC(C)=O.[Cl-]. The lowest BCUT2D eigenvalue weighted by molar-refractivity contribution is -0.875. The Morgan fingerprint density at radius 2 is 1.48 bits per heavy atom. The van der Waals surface area contributed by atoms with Crippen LogP contribution in [-0.4, -0.2) is 86.8 Å². The lowest BCUT2D eigenvalue weighted by atomic mass is 10.0. The van der Waals surface area contributed by atoms with Gasteiger partial charge in [0.25, 0.3) is 0 Å². The van der Waals surface area contributed by atoms with Crippen molar-refractivity contribution < 1.29 is 59.8 Å². The van der Waals surface area contributed by atoms with Gasteiger partial charge in [0.2, 0.25) is 12.4 Å². The maximum absolute atomic E-state index is 12.3. The highest BCUT2D eigenvalue weighted by Gasteiger charge is 2.49. The Morgan fingerprint density at radius 1 is 0.966 bits per heavy atom. The van der Waals surface area contributed by atoms with E-state index in [1.165, 1.54) is 6.92 Å². The lowest BCUT2D eigenvalue weighted by Gasteiger charge is -2.39. The number of terminal acetylenes is 1. The van der Waals surface area contributed by atoms with Gasteiger partial charge in [-0.2, -0.15) is 0 Å². The van der Waals surface area contributed by atoms with Crippen LogP contribution in [0.1, 0.15) is 20.8 Å². The standard InChI is InChI=1S/C18H26NO9.ClH/c1-7-8-19(5,6)9-15(23)28-18-17(27-13(4)22)16(26-12(3)21)14(10-24-18)25-11(2)20;/h1,14,16-18H,8-10H2,2-6H3;1H/q+1;/p-1/t14-,16-,17-,18?;/m1./s1. The van der Waals surface area contributed by atoms with Gasteiger partial charge < -0.3 is 40.6 Å². The van der Waals surface area contributed by atoms with E-state index < -0.39 is 48.5 Å². The molecule has 0 radical (unpaired) electrons. The molecule has 164 valence electrons. The van der Waals surface area contributed by atoms with Crippen molar-refractivity contribution in [3.8, 4) is 12.3 Å². The molecular formula is C18H26ClNO9. The van der Waals surface area contributed by atoms with E-state index >= 15 is 0 Å². The number of esters is 4.